The van der Waals surface area contributed by atoms with E-state index in [2.05, 4.69) is 76.1 Å². The van der Waals surface area contributed by atoms with E-state index in [1.54, 1.807) is 11.0 Å². The minimum atomic E-state index is -0.416. The van der Waals surface area contributed by atoms with Crippen molar-refractivity contribution in [1.82, 2.24) is 15.4 Å². The van der Waals surface area contributed by atoms with Gasteiger partial charge in [0, 0.05) is 54.6 Å². The number of unbranched alkanes of at least 4 members (excludes halogenated alkanes) is 1. The number of carbonyl (C=O) groups excluding carboxylic acids is 3. The van der Waals surface area contributed by atoms with E-state index in [1.165, 1.54) is 6.07 Å². The summed E-state index contributed by atoms with van der Waals surface area (Å²) in [4.78, 5) is 39.4. The first-order valence-corrected chi connectivity index (χ1v) is 17.5. The lowest BCUT2D eigenvalue weighted by atomic mass is 9.97. The second kappa shape index (κ2) is 14.8. The molecule has 264 valence electrons. The first-order valence-electron chi connectivity index (χ1n) is 17.5. The SMILES string of the molecule is Cc1ccc(-c2c(C)noc2C)cc1N(CCCCNc1cc2c(cc1F)CN(C(C)CCC(=O)NC=O)C2=O)c1ccc(C2(C#N)CC2)cc1. The molecule has 51 heavy (non-hydrogen) atoms. The van der Waals surface area contributed by atoms with Gasteiger partial charge in [-0.05, 0) is 112 Å². The lowest BCUT2D eigenvalue weighted by molar-refractivity contribution is -0.125. The number of rotatable bonds is 15. The molecule has 1 atom stereocenters. The minimum Gasteiger partial charge on any atom is -0.383 e. The third-order valence-electron chi connectivity index (χ3n) is 10.2. The Bertz CT molecular complexity index is 1980. The van der Waals surface area contributed by atoms with Gasteiger partial charge in [-0.2, -0.15) is 5.26 Å². The number of halogens is 1. The van der Waals surface area contributed by atoms with E-state index in [9.17, 15) is 19.6 Å². The third-order valence-corrected chi connectivity index (χ3v) is 10.2. The Morgan fingerprint density at radius 3 is 2.57 bits per heavy atom. The molecule has 0 saturated heterocycles. The van der Waals surface area contributed by atoms with Crippen LogP contribution in [0.4, 0.5) is 21.5 Å². The van der Waals surface area contributed by atoms with Gasteiger partial charge in [-0.1, -0.05) is 29.4 Å². The van der Waals surface area contributed by atoms with Crippen LogP contribution in [0, 0.1) is 37.9 Å². The molecular formula is C40H43FN6O4. The van der Waals surface area contributed by atoms with E-state index < -0.39 is 11.7 Å². The minimum absolute atomic E-state index is 0.109. The van der Waals surface area contributed by atoms with Gasteiger partial charge < -0.3 is 19.6 Å². The smallest absolute Gasteiger partial charge is 0.254 e. The average Bonchev–Trinajstić information content (AvgIpc) is 3.77. The maximum absolute atomic E-state index is 15.2. The van der Waals surface area contributed by atoms with Crippen molar-refractivity contribution in [1.29, 1.82) is 5.26 Å². The number of benzene rings is 3. The molecule has 11 heteroatoms. The molecule has 3 amide bonds. The van der Waals surface area contributed by atoms with E-state index >= 15 is 4.39 Å². The van der Waals surface area contributed by atoms with Crippen LogP contribution in [0.25, 0.3) is 11.1 Å². The highest BCUT2D eigenvalue weighted by molar-refractivity contribution is 5.99. The number of hydrogen-bond acceptors (Lipinski definition) is 8. The molecule has 2 heterocycles. The van der Waals surface area contributed by atoms with Crippen LogP contribution >= 0.6 is 0 Å². The molecule has 2 N–H and O–H groups in total. The number of aryl methyl sites for hydroxylation is 3. The van der Waals surface area contributed by atoms with Gasteiger partial charge in [0.1, 0.15) is 11.6 Å². The highest BCUT2D eigenvalue weighted by Crippen LogP contribution is 2.48. The van der Waals surface area contributed by atoms with E-state index in [0.29, 0.717) is 37.0 Å². The first kappa shape index (κ1) is 35.3. The average molecular weight is 691 g/mol. The molecule has 6 rings (SSSR count). The molecule has 0 bridgehead atoms. The molecule has 1 unspecified atom stereocenters. The number of carbonyl (C=O) groups is 3. The van der Waals surface area contributed by atoms with Gasteiger partial charge in [-0.25, -0.2) is 4.39 Å². The van der Waals surface area contributed by atoms with Crippen LogP contribution < -0.4 is 15.5 Å². The van der Waals surface area contributed by atoms with Crippen molar-refractivity contribution in [2.75, 3.05) is 23.3 Å². The number of nitrogens with zero attached hydrogens (tertiary/aromatic N) is 4. The van der Waals surface area contributed by atoms with Crippen LogP contribution in [0.2, 0.25) is 0 Å². The zero-order chi connectivity index (χ0) is 36.3. The predicted octanol–water partition coefficient (Wildman–Crippen LogP) is 7.39. The summed E-state index contributed by atoms with van der Waals surface area (Å²) in [6.45, 7) is 9.26. The fraction of sp³-hybridized carbons (Fsp3) is 0.375. The summed E-state index contributed by atoms with van der Waals surface area (Å²) >= 11 is 0. The quantitative estimate of drug-likeness (QED) is 0.0976. The number of anilines is 3. The Kier molecular flexibility index (Phi) is 10.2. The van der Waals surface area contributed by atoms with Crippen molar-refractivity contribution < 1.29 is 23.3 Å². The summed E-state index contributed by atoms with van der Waals surface area (Å²) in [6, 6.07) is 19.9. The zero-order valence-electron chi connectivity index (χ0n) is 29.5. The van der Waals surface area contributed by atoms with Gasteiger partial charge in [-0.3, -0.25) is 19.7 Å². The summed E-state index contributed by atoms with van der Waals surface area (Å²) in [5.74, 6) is -0.254. The summed E-state index contributed by atoms with van der Waals surface area (Å²) < 4.78 is 20.7. The molecule has 1 aliphatic heterocycles. The van der Waals surface area contributed by atoms with Crippen LogP contribution in [0.1, 0.15) is 84.0 Å². The van der Waals surface area contributed by atoms with Gasteiger partial charge in [0.05, 0.1) is 22.9 Å². The first-order chi connectivity index (χ1) is 24.5. The summed E-state index contributed by atoms with van der Waals surface area (Å²) in [6.07, 6.45) is 4.15. The van der Waals surface area contributed by atoms with Crippen molar-refractivity contribution in [3.05, 3.63) is 94.1 Å². The van der Waals surface area contributed by atoms with E-state index in [1.807, 2.05) is 20.8 Å². The lowest BCUT2D eigenvalue weighted by Gasteiger charge is -2.28. The molecule has 10 nitrogen and oxygen atoms in total. The van der Waals surface area contributed by atoms with Crippen LogP contribution in [-0.2, 0) is 21.5 Å². The maximum atomic E-state index is 15.2. The van der Waals surface area contributed by atoms with Gasteiger partial charge >= 0.3 is 0 Å². The number of aromatic nitrogens is 1. The third kappa shape index (κ3) is 7.36. The Morgan fingerprint density at radius 2 is 1.90 bits per heavy atom. The second-order valence-electron chi connectivity index (χ2n) is 13.7. The topological polar surface area (TPSA) is 132 Å². The van der Waals surface area contributed by atoms with Crippen molar-refractivity contribution >= 4 is 35.3 Å². The molecule has 1 aromatic heterocycles. The standard InChI is InChI=1S/C40H43FN6O4/c1-25-7-9-29(38-27(3)45-51-28(38)4)20-36(25)46(32-12-10-31(11-13-32)40(23-42)15-16-40)18-6-5-17-43-35-21-33-30(19-34(35)41)22-47(39(33)50)26(2)8-14-37(49)44-24-48/h7,9-13,19-21,24,26,43H,5-6,8,14-18,22H2,1-4H3,(H,44,48,49). The number of nitrogens with one attached hydrogen (secondary N) is 2. The molecule has 1 saturated carbocycles. The summed E-state index contributed by atoms with van der Waals surface area (Å²) in [5, 5.41) is 19.2. The largest absolute Gasteiger partial charge is 0.383 e. The molecule has 1 aliphatic carbocycles. The van der Waals surface area contributed by atoms with Crippen molar-refractivity contribution in [3.8, 4) is 17.2 Å². The number of hydrogen-bond donors (Lipinski definition) is 2. The van der Waals surface area contributed by atoms with Gasteiger partial charge in [0.25, 0.3) is 5.91 Å². The number of amides is 3. The molecule has 1 fully saturated rings. The monoisotopic (exact) mass is 690 g/mol. The van der Waals surface area contributed by atoms with Gasteiger partial charge in [0.15, 0.2) is 0 Å². The zero-order valence-corrected chi connectivity index (χ0v) is 29.5. The maximum Gasteiger partial charge on any atom is 0.254 e. The Morgan fingerprint density at radius 1 is 1.14 bits per heavy atom. The normalized spacial score (nSPS) is 14.8. The number of imide groups is 1. The molecular weight excluding hydrogens is 647 g/mol. The van der Waals surface area contributed by atoms with E-state index in [4.69, 9.17) is 4.52 Å². The van der Waals surface area contributed by atoms with Crippen LogP contribution in [0.5, 0.6) is 0 Å². The molecule has 3 aromatic carbocycles. The second-order valence-corrected chi connectivity index (χ2v) is 13.7. The Hall–Kier alpha value is -5.50. The van der Waals surface area contributed by atoms with Crippen LogP contribution in [-0.4, -0.2) is 47.4 Å². The Balaban J connectivity index is 1.14. The molecule has 2 aliphatic rings. The number of fused-ring (bicyclic) bond motifs is 1. The van der Waals surface area contributed by atoms with Crippen molar-refractivity contribution in [3.63, 3.8) is 0 Å². The van der Waals surface area contributed by atoms with E-state index in [-0.39, 0.29) is 36.0 Å². The summed E-state index contributed by atoms with van der Waals surface area (Å²) in [7, 11) is 0. The fourth-order valence-electron chi connectivity index (χ4n) is 6.99. The number of nitriles is 1. The Labute approximate surface area is 297 Å². The van der Waals surface area contributed by atoms with Crippen LogP contribution in [0.15, 0.2) is 59.1 Å². The van der Waals surface area contributed by atoms with Crippen molar-refractivity contribution in [2.45, 2.75) is 84.2 Å². The van der Waals surface area contributed by atoms with Gasteiger partial charge in [0.2, 0.25) is 12.3 Å². The highest BCUT2D eigenvalue weighted by Gasteiger charge is 2.44. The van der Waals surface area contributed by atoms with Crippen LogP contribution in [0.3, 0.4) is 0 Å². The lowest BCUT2D eigenvalue weighted by Crippen LogP contribution is -2.34. The molecule has 0 radical (unpaired) electrons. The molecule has 4 aromatic rings. The summed E-state index contributed by atoms with van der Waals surface area (Å²) in [5.41, 5.74) is 8.06. The van der Waals surface area contributed by atoms with Crippen molar-refractivity contribution in [2.24, 2.45) is 0 Å². The fourth-order valence-corrected chi connectivity index (χ4v) is 6.99. The van der Waals surface area contributed by atoms with Gasteiger partial charge in [-0.15, -0.1) is 0 Å². The predicted molar refractivity (Wildman–Crippen MR) is 193 cm³/mol. The molecule has 0 spiro atoms. The highest BCUT2D eigenvalue weighted by atomic mass is 19.1. The van der Waals surface area contributed by atoms with E-state index in [0.717, 1.165) is 70.8 Å².